The summed E-state index contributed by atoms with van der Waals surface area (Å²) in [6, 6.07) is 0. The number of aryl methyl sites for hydroxylation is 3. The molecule has 0 radical (unpaired) electrons. The van der Waals surface area contributed by atoms with Gasteiger partial charge in [-0.3, -0.25) is 4.79 Å². The second kappa shape index (κ2) is 3.67. The highest BCUT2D eigenvalue weighted by atomic mass is 32.1. The molecule has 4 heteroatoms. The van der Waals surface area contributed by atoms with Gasteiger partial charge in [0.25, 0.3) is 0 Å². The molecule has 66 valence electrons. The first-order valence-corrected chi connectivity index (χ1v) is 4.59. The summed E-state index contributed by atoms with van der Waals surface area (Å²) in [6.07, 6.45) is 2.19. The lowest BCUT2D eigenvalue weighted by atomic mass is 10.4. The molecule has 0 aliphatic carbocycles. The molecule has 0 bridgehead atoms. The second-order valence-corrected chi connectivity index (χ2v) is 4.14. The standard InChI is InChI=1S/C8H11NO2S/c1-6-5-9(7(2)12-6)4-3-8(10)11/h5H,3-4H2,1-2H3/p+1. The number of hydrogen-bond acceptors (Lipinski definition) is 2. The molecule has 3 nitrogen and oxygen atoms in total. The maximum absolute atomic E-state index is 10.3. The first-order chi connectivity index (χ1) is 5.59. The van der Waals surface area contributed by atoms with Gasteiger partial charge in [0.05, 0.1) is 4.88 Å². The summed E-state index contributed by atoms with van der Waals surface area (Å²) in [5.41, 5.74) is 0. The van der Waals surface area contributed by atoms with Crippen molar-refractivity contribution in [3.05, 3.63) is 16.1 Å². The molecule has 1 N–H and O–H groups in total. The number of hydrogen-bond donors (Lipinski definition) is 1. The topological polar surface area (TPSA) is 41.2 Å². The van der Waals surface area contributed by atoms with Gasteiger partial charge in [-0.25, -0.2) is 0 Å². The van der Waals surface area contributed by atoms with Crippen molar-refractivity contribution in [2.45, 2.75) is 26.8 Å². The number of carboxylic acid groups (broad SMARTS) is 1. The largest absolute Gasteiger partial charge is 0.481 e. The van der Waals surface area contributed by atoms with Crippen molar-refractivity contribution in [1.82, 2.24) is 0 Å². The summed E-state index contributed by atoms with van der Waals surface area (Å²) >= 11 is 1.69. The van der Waals surface area contributed by atoms with E-state index in [9.17, 15) is 4.79 Å². The lowest BCUT2D eigenvalue weighted by Gasteiger charge is -1.89. The van der Waals surface area contributed by atoms with Gasteiger partial charge in [-0.05, 0) is 6.92 Å². The summed E-state index contributed by atoms with van der Waals surface area (Å²) in [6.45, 7) is 4.60. The highest BCUT2D eigenvalue weighted by Crippen LogP contribution is 2.07. The molecule has 0 saturated heterocycles. The molecule has 0 aliphatic heterocycles. The highest BCUT2D eigenvalue weighted by molar-refractivity contribution is 7.11. The van der Waals surface area contributed by atoms with E-state index in [2.05, 4.69) is 0 Å². The van der Waals surface area contributed by atoms with Crippen molar-refractivity contribution < 1.29 is 14.5 Å². The molecule has 0 saturated carbocycles. The van der Waals surface area contributed by atoms with Crippen LogP contribution in [0.15, 0.2) is 6.20 Å². The van der Waals surface area contributed by atoms with E-state index in [1.54, 1.807) is 11.3 Å². The summed E-state index contributed by atoms with van der Waals surface area (Å²) in [5.74, 6) is -0.745. The van der Waals surface area contributed by atoms with Crippen molar-refractivity contribution in [1.29, 1.82) is 0 Å². The third-order valence-electron chi connectivity index (χ3n) is 1.62. The van der Waals surface area contributed by atoms with Crippen LogP contribution >= 0.6 is 11.3 Å². The van der Waals surface area contributed by atoms with Crippen LogP contribution < -0.4 is 4.57 Å². The molecule has 0 atom stereocenters. The number of aliphatic carboxylic acids is 1. The van der Waals surface area contributed by atoms with Crippen molar-refractivity contribution in [3.63, 3.8) is 0 Å². The Labute approximate surface area is 75.3 Å². The summed E-state index contributed by atoms with van der Waals surface area (Å²) in [5, 5.41) is 9.62. The molecule has 1 heterocycles. The van der Waals surface area contributed by atoms with Crippen LogP contribution in [0, 0.1) is 13.8 Å². The van der Waals surface area contributed by atoms with Gasteiger partial charge >= 0.3 is 5.97 Å². The number of thiazole rings is 1. The summed E-state index contributed by atoms with van der Waals surface area (Å²) in [4.78, 5) is 11.5. The van der Waals surface area contributed by atoms with Crippen molar-refractivity contribution >= 4 is 17.3 Å². The van der Waals surface area contributed by atoms with Crippen LogP contribution in [-0.2, 0) is 11.3 Å². The van der Waals surface area contributed by atoms with Crippen LogP contribution in [0.3, 0.4) is 0 Å². The third kappa shape index (κ3) is 2.30. The van der Waals surface area contributed by atoms with Crippen LogP contribution in [0.2, 0.25) is 0 Å². The van der Waals surface area contributed by atoms with Crippen molar-refractivity contribution in [2.75, 3.05) is 0 Å². The van der Waals surface area contributed by atoms with Crippen LogP contribution in [0.1, 0.15) is 16.3 Å². The van der Waals surface area contributed by atoms with Gasteiger partial charge in [0.1, 0.15) is 6.42 Å². The number of rotatable bonds is 3. The van der Waals surface area contributed by atoms with Gasteiger partial charge in [0, 0.05) is 6.92 Å². The molecule has 0 unspecified atom stereocenters. The molecule has 0 aliphatic rings. The molecule has 1 rings (SSSR count). The van der Waals surface area contributed by atoms with Crippen LogP contribution in [-0.4, -0.2) is 11.1 Å². The smallest absolute Gasteiger partial charge is 0.309 e. The van der Waals surface area contributed by atoms with E-state index >= 15 is 0 Å². The van der Waals surface area contributed by atoms with Gasteiger partial charge in [-0.15, -0.1) is 0 Å². The Kier molecular flexibility index (Phi) is 2.81. The summed E-state index contributed by atoms with van der Waals surface area (Å²) < 4.78 is 1.98. The van der Waals surface area contributed by atoms with Gasteiger partial charge in [0.15, 0.2) is 12.7 Å². The minimum Gasteiger partial charge on any atom is -0.481 e. The van der Waals surface area contributed by atoms with Crippen LogP contribution in [0.5, 0.6) is 0 Å². The van der Waals surface area contributed by atoms with E-state index in [0.29, 0.717) is 6.54 Å². The Morgan fingerprint density at radius 1 is 1.67 bits per heavy atom. The molecule has 1 aromatic heterocycles. The zero-order chi connectivity index (χ0) is 9.14. The predicted octanol–water partition coefficient (Wildman–Crippen LogP) is 1.13. The molecule has 0 amide bonds. The van der Waals surface area contributed by atoms with E-state index in [1.165, 1.54) is 4.88 Å². The fourth-order valence-corrected chi connectivity index (χ4v) is 1.97. The SMILES string of the molecule is Cc1c[n+](CCC(=O)O)c(C)s1. The number of aromatic nitrogens is 1. The molecule has 0 fully saturated rings. The predicted molar refractivity (Wildman–Crippen MR) is 46.2 cm³/mol. The van der Waals surface area contributed by atoms with Gasteiger partial charge in [-0.2, -0.15) is 4.57 Å². The number of carboxylic acids is 1. The van der Waals surface area contributed by atoms with E-state index in [-0.39, 0.29) is 6.42 Å². The zero-order valence-corrected chi connectivity index (χ0v) is 8.02. The zero-order valence-electron chi connectivity index (χ0n) is 7.20. The quantitative estimate of drug-likeness (QED) is 0.719. The monoisotopic (exact) mass is 186 g/mol. The minimum atomic E-state index is -0.745. The first kappa shape index (κ1) is 9.19. The third-order valence-corrected chi connectivity index (χ3v) is 2.57. The van der Waals surface area contributed by atoms with E-state index in [0.717, 1.165) is 5.01 Å². The minimum absolute atomic E-state index is 0.196. The molecule has 1 aromatic rings. The van der Waals surface area contributed by atoms with Gasteiger partial charge in [0.2, 0.25) is 5.01 Å². The Hall–Kier alpha value is -0.900. The molecule has 12 heavy (non-hydrogen) atoms. The fraction of sp³-hybridized carbons (Fsp3) is 0.500. The van der Waals surface area contributed by atoms with Gasteiger partial charge in [-0.1, -0.05) is 11.3 Å². The van der Waals surface area contributed by atoms with Crippen LogP contribution in [0.25, 0.3) is 0 Å². The average molecular weight is 186 g/mol. The first-order valence-electron chi connectivity index (χ1n) is 3.78. The molecular weight excluding hydrogens is 174 g/mol. The van der Waals surface area contributed by atoms with Crippen molar-refractivity contribution in [2.24, 2.45) is 0 Å². The van der Waals surface area contributed by atoms with Gasteiger partial charge < -0.3 is 5.11 Å². The Balaban J connectivity index is 2.62. The Morgan fingerprint density at radius 3 is 2.75 bits per heavy atom. The number of nitrogens with zero attached hydrogens (tertiary/aromatic N) is 1. The van der Waals surface area contributed by atoms with Crippen molar-refractivity contribution in [3.8, 4) is 0 Å². The Morgan fingerprint density at radius 2 is 2.33 bits per heavy atom. The van der Waals surface area contributed by atoms with Crippen LogP contribution in [0.4, 0.5) is 0 Å². The lowest BCUT2D eigenvalue weighted by Crippen LogP contribution is -2.34. The van der Waals surface area contributed by atoms with E-state index in [1.807, 2.05) is 24.6 Å². The highest BCUT2D eigenvalue weighted by Gasteiger charge is 2.11. The normalized spacial score (nSPS) is 10.2. The fourth-order valence-electron chi connectivity index (χ4n) is 1.07. The molecule has 0 spiro atoms. The maximum atomic E-state index is 10.3. The molecular formula is C8H12NO2S+. The number of carbonyl (C=O) groups is 1. The Bertz CT molecular complexity index is 293. The maximum Gasteiger partial charge on any atom is 0.309 e. The lowest BCUT2D eigenvalue weighted by molar-refractivity contribution is -0.697. The average Bonchev–Trinajstić information content (AvgIpc) is 2.26. The molecule has 0 aromatic carbocycles. The summed E-state index contributed by atoms with van der Waals surface area (Å²) in [7, 11) is 0. The van der Waals surface area contributed by atoms with E-state index in [4.69, 9.17) is 5.11 Å². The van der Waals surface area contributed by atoms with E-state index < -0.39 is 5.97 Å². The second-order valence-electron chi connectivity index (χ2n) is 2.70.